The number of nitrogens with zero attached hydrogens (tertiary/aromatic N) is 1. The highest BCUT2D eigenvalue weighted by molar-refractivity contribution is 5.87. The van der Waals surface area contributed by atoms with Crippen LogP contribution in [0, 0.1) is 0 Å². The third-order valence-corrected chi connectivity index (χ3v) is 13.1. The van der Waals surface area contributed by atoms with E-state index in [1.54, 1.807) is 0 Å². The largest absolute Gasteiger partial charge is 0.472 e. The van der Waals surface area contributed by atoms with E-state index in [1.165, 1.54) is 50.1 Å². The van der Waals surface area contributed by atoms with E-state index in [-0.39, 0.29) is 10.8 Å². The van der Waals surface area contributed by atoms with Gasteiger partial charge < -0.3 is 9.64 Å². The van der Waals surface area contributed by atoms with Crippen molar-refractivity contribution < 1.29 is 4.74 Å². The molecule has 57 heavy (non-hydrogen) atoms. The second-order valence-electron chi connectivity index (χ2n) is 16.9. The number of hydrogen-bond acceptors (Lipinski definition) is 2. The number of benzene rings is 8. The maximum atomic E-state index is 7.86. The van der Waals surface area contributed by atoms with Crippen molar-refractivity contribution >= 4 is 17.1 Å². The molecule has 11 rings (SSSR count). The number of para-hydroxylation sites is 2. The van der Waals surface area contributed by atoms with E-state index >= 15 is 0 Å². The van der Waals surface area contributed by atoms with Crippen LogP contribution in [0.15, 0.2) is 188 Å². The van der Waals surface area contributed by atoms with Gasteiger partial charge in [0.1, 0.15) is 5.75 Å². The molecular formula is C55H43NO. The zero-order valence-electron chi connectivity index (χ0n) is 32.8. The Morgan fingerprint density at radius 1 is 0.333 bits per heavy atom. The van der Waals surface area contributed by atoms with Crippen molar-refractivity contribution in [1.29, 1.82) is 0 Å². The maximum absolute atomic E-state index is 7.86. The Kier molecular flexibility index (Phi) is 7.20. The lowest BCUT2D eigenvalue weighted by molar-refractivity contribution is 0.152. The summed E-state index contributed by atoms with van der Waals surface area (Å²) in [5.74, 6) is 0.854. The molecule has 3 aliphatic rings. The van der Waals surface area contributed by atoms with Crippen molar-refractivity contribution in [2.45, 2.75) is 44.1 Å². The monoisotopic (exact) mass is 733 g/mol. The second kappa shape index (κ2) is 12.2. The summed E-state index contributed by atoms with van der Waals surface area (Å²) in [4.78, 5) is 2.31. The summed E-state index contributed by atoms with van der Waals surface area (Å²) in [7, 11) is 0. The SMILES string of the molecule is CC1(C)c2ccccc2-c2cc(C3(c4ccc5c(c4)C(C)(C)c4ccccc4-5)Oc4cc(N(c5ccccc5)c5ccccc5)ccc4-c4ccccc43)ccc21. The minimum atomic E-state index is -0.955. The van der Waals surface area contributed by atoms with Gasteiger partial charge in [-0.05, 0) is 98.6 Å². The molecule has 1 heterocycles. The molecule has 0 aromatic heterocycles. The molecule has 274 valence electrons. The van der Waals surface area contributed by atoms with Crippen molar-refractivity contribution in [3.63, 3.8) is 0 Å². The predicted octanol–water partition coefficient (Wildman–Crippen LogP) is 14.1. The van der Waals surface area contributed by atoms with Crippen LogP contribution in [0.1, 0.15) is 66.6 Å². The molecular weight excluding hydrogens is 691 g/mol. The summed E-state index contributed by atoms with van der Waals surface area (Å²) in [6, 6.07) is 68.9. The molecule has 8 aromatic carbocycles. The zero-order valence-corrected chi connectivity index (χ0v) is 32.8. The minimum absolute atomic E-state index is 0.105. The van der Waals surface area contributed by atoms with E-state index in [1.807, 2.05) is 0 Å². The van der Waals surface area contributed by atoms with Gasteiger partial charge in [0, 0.05) is 56.2 Å². The summed E-state index contributed by atoms with van der Waals surface area (Å²) in [6.07, 6.45) is 0. The normalized spacial score (nSPS) is 17.3. The number of anilines is 3. The molecule has 1 unspecified atom stereocenters. The molecule has 0 radical (unpaired) electrons. The molecule has 1 atom stereocenters. The molecule has 1 aliphatic heterocycles. The topological polar surface area (TPSA) is 12.5 Å². The second-order valence-corrected chi connectivity index (χ2v) is 16.9. The molecule has 2 nitrogen and oxygen atoms in total. The van der Waals surface area contributed by atoms with Crippen molar-refractivity contribution in [3.05, 3.63) is 227 Å². The minimum Gasteiger partial charge on any atom is -0.472 e. The lowest BCUT2D eigenvalue weighted by Gasteiger charge is -2.42. The van der Waals surface area contributed by atoms with Crippen LogP contribution in [0.5, 0.6) is 5.75 Å². The van der Waals surface area contributed by atoms with E-state index in [0.29, 0.717) is 0 Å². The van der Waals surface area contributed by atoms with Crippen LogP contribution >= 0.6 is 0 Å². The van der Waals surface area contributed by atoms with Gasteiger partial charge in [0.25, 0.3) is 0 Å². The van der Waals surface area contributed by atoms with E-state index in [4.69, 9.17) is 4.74 Å². The molecule has 0 bridgehead atoms. The molecule has 0 spiro atoms. The van der Waals surface area contributed by atoms with Gasteiger partial charge in [-0.15, -0.1) is 0 Å². The molecule has 0 saturated carbocycles. The van der Waals surface area contributed by atoms with Crippen LogP contribution in [-0.4, -0.2) is 0 Å². The summed E-state index contributed by atoms with van der Waals surface area (Å²) < 4.78 is 7.86. The number of rotatable bonds is 5. The fourth-order valence-corrected chi connectivity index (χ4v) is 10.3. The van der Waals surface area contributed by atoms with Crippen LogP contribution in [-0.2, 0) is 16.4 Å². The highest BCUT2D eigenvalue weighted by Gasteiger charge is 2.47. The molecule has 8 aromatic rings. The van der Waals surface area contributed by atoms with Crippen molar-refractivity contribution in [2.24, 2.45) is 0 Å². The number of fused-ring (bicyclic) bond motifs is 9. The Balaban J connectivity index is 1.18. The van der Waals surface area contributed by atoms with Gasteiger partial charge in [0.15, 0.2) is 5.60 Å². The molecule has 0 N–H and O–H groups in total. The van der Waals surface area contributed by atoms with Crippen molar-refractivity contribution in [3.8, 4) is 39.1 Å². The fraction of sp³-hybridized carbons (Fsp3) is 0.127. The zero-order chi connectivity index (χ0) is 38.5. The maximum Gasteiger partial charge on any atom is 0.185 e. The summed E-state index contributed by atoms with van der Waals surface area (Å²) in [5, 5.41) is 0. The predicted molar refractivity (Wildman–Crippen MR) is 235 cm³/mol. The average Bonchev–Trinajstić information content (AvgIpc) is 3.63. The van der Waals surface area contributed by atoms with Gasteiger partial charge in [-0.2, -0.15) is 0 Å². The third kappa shape index (κ3) is 4.77. The smallest absolute Gasteiger partial charge is 0.185 e. The molecule has 0 fully saturated rings. The summed E-state index contributed by atoms with van der Waals surface area (Å²) >= 11 is 0. The van der Waals surface area contributed by atoms with E-state index in [0.717, 1.165) is 45.1 Å². The lowest BCUT2D eigenvalue weighted by Crippen LogP contribution is -2.39. The van der Waals surface area contributed by atoms with Crippen LogP contribution in [0.4, 0.5) is 17.1 Å². The lowest BCUT2D eigenvalue weighted by atomic mass is 9.72. The highest BCUT2D eigenvalue weighted by atomic mass is 16.5. The van der Waals surface area contributed by atoms with Gasteiger partial charge in [-0.3, -0.25) is 0 Å². The molecule has 0 amide bonds. The van der Waals surface area contributed by atoms with Gasteiger partial charge in [0.2, 0.25) is 0 Å². The molecule has 0 saturated heterocycles. The Morgan fingerprint density at radius 3 is 1.44 bits per heavy atom. The van der Waals surface area contributed by atoms with Gasteiger partial charge in [-0.25, -0.2) is 0 Å². The van der Waals surface area contributed by atoms with Gasteiger partial charge in [-0.1, -0.05) is 161 Å². The van der Waals surface area contributed by atoms with Crippen molar-refractivity contribution in [2.75, 3.05) is 4.90 Å². The first-order chi connectivity index (χ1) is 27.8. The number of ether oxygens (including phenoxy) is 1. The van der Waals surface area contributed by atoms with Crippen LogP contribution in [0.3, 0.4) is 0 Å². The quantitative estimate of drug-likeness (QED) is 0.175. The Bertz CT molecular complexity index is 2850. The first kappa shape index (κ1) is 33.7. The average molecular weight is 734 g/mol. The van der Waals surface area contributed by atoms with Gasteiger partial charge >= 0.3 is 0 Å². The summed E-state index contributed by atoms with van der Waals surface area (Å²) in [6.45, 7) is 9.43. The van der Waals surface area contributed by atoms with E-state index < -0.39 is 5.60 Å². The van der Waals surface area contributed by atoms with Crippen LogP contribution < -0.4 is 9.64 Å². The van der Waals surface area contributed by atoms with Crippen LogP contribution in [0.25, 0.3) is 33.4 Å². The van der Waals surface area contributed by atoms with E-state index in [9.17, 15) is 0 Å². The Labute approximate surface area is 335 Å². The Hall–Kier alpha value is -6.64. The molecule has 2 heteroatoms. The molecule has 2 aliphatic carbocycles. The summed E-state index contributed by atoms with van der Waals surface area (Å²) in [5.41, 5.74) is 18.2. The first-order valence-corrected chi connectivity index (χ1v) is 20.1. The van der Waals surface area contributed by atoms with Gasteiger partial charge in [0.05, 0.1) is 0 Å². The third-order valence-electron chi connectivity index (χ3n) is 13.1. The standard InChI is InChI=1S/C55H43NO/c1-53(2)48-25-15-12-23-43(48)46-33-36(28-32-49(46)53)55(37-27-30-44-41-21-11-14-24-47(41)54(3,4)51(44)34-37)50-26-16-13-22-42(50)45-31-29-40(35-52(45)57-55)56(38-17-7-5-8-18-38)39-19-9-6-10-20-39/h5-35H,1-4H3. The first-order valence-electron chi connectivity index (χ1n) is 20.1. The highest BCUT2D eigenvalue weighted by Crippen LogP contribution is 2.57. The van der Waals surface area contributed by atoms with Crippen molar-refractivity contribution in [1.82, 2.24) is 0 Å². The van der Waals surface area contributed by atoms with E-state index in [2.05, 4.69) is 221 Å². The Morgan fingerprint density at radius 2 is 0.789 bits per heavy atom. The van der Waals surface area contributed by atoms with Crippen LogP contribution in [0.2, 0.25) is 0 Å². The number of hydrogen-bond donors (Lipinski definition) is 0. The fourth-order valence-electron chi connectivity index (χ4n) is 10.3.